The van der Waals surface area contributed by atoms with Crippen LogP contribution in [-0.4, -0.2) is 44.0 Å². The first-order valence-electron chi connectivity index (χ1n) is 8.89. The van der Waals surface area contributed by atoms with E-state index >= 15 is 0 Å². The molecule has 0 aromatic carbocycles. The first kappa shape index (κ1) is 18.3. The van der Waals surface area contributed by atoms with Gasteiger partial charge in [-0.25, -0.2) is 4.98 Å². The molecule has 0 radical (unpaired) electrons. The summed E-state index contributed by atoms with van der Waals surface area (Å²) in [5, 5.41) is 10.5. The number of carbonyl (C=O) groups is 1. The molecule has 1 fully saturated rings. The molecule has 2 aromatic rings. The van der Waals surface area contributed by atoms with Crippen LogP contribution in [0, 0.1) is 19.8 Å². The van der Waals surface area contributed by atoms with Crippen molar-refractivity contribution in [2.75, 3.05) is 13.1 Å². The smallest absolute Gasteiger partial charge is 0.254 e. The predicted octanol–water partition coefficient (Wildman–Crippen LogP) is 1.30. The highest BCUT2D eigenvalue weighted by Crippen LogP contribution is 2.29. The van der Waals surface area contributed by atoms with Gasteiger partial charge in [0.2, 0.25) is 5.91 Å². The average molecular weight is 356 g/mol. The Morgan fingerprint density at radius 2 is 2.08 bits per heavy atom. The second kappa shape index (κ2) is 7.78. The Balaban J connectivity index is 1.60. The number of aliphatic hydroxyl groups is 1. The molecule has 3 heterocycles. The van der Waals surface area contributed by atoms with E-state index in [1.54, 1.807) is 24.9 Å². The minimum atomic E-state index is -0.611. The van der Waals surface area contributed by atoms with E-state index in [0.717, 1.165) is 0 Å². The molecule has 1 atom stereocenters. The second-order valence-corrected chi connectivity index (χ2v) is 6.81. The average Bonchev–Trinajstić information content (AvgIpc) is 2.64. The maximum atomic E-state index is 12.6. The molecule has 26 heavy (non-hydrogen) atoms. The number of hydrogen-bond donors (Lipinski definition) is 2. The molecule has 0 unspecified atom stereocenters. The number of nitrogens with one attached hydrogen (secondary N) is 1. The highest BCUT2D eigenvalue weighted by atomic mass is 16.3. The lowest BCUT2D eigenvalue weighted by Gasteiger charge is -2.34. The molecular weight excluding hydrogens is 332 g/mol. The fourth-order valence-electron chi connectivity index (χ4n) is 3.48. The summed E-state index contributed by atoms with van der Waals surface area (Å²) in [5.74, 6) is 0.559. The molecule has 0 aliphatic carbocycles. The topological polar surface area (TPSA) is 99.2 Å². The van der Waals surface area contributed by atoms with Crippen molar-refractivity contribution in [3.63, 3.8) is 0 Å². The Morgan fingerprint density at radius 1 is 1.35 bits per heavy atom. The molecule has 1 amide bonds. The highest BCUT2D eigenvalue weighted by Gasteiger charge is 2.29. The highest BCUT2D eigenvalue weighted by molar-refractivity contribution is 5.79. The SMILES string of the molecule is Cc1nc(C)c(CC(=O)N2CCC([C@H](O)c3ccccn3)CC2)c(=O)[nH]1. The van der Waals surface area contributed by atoms with Gasteiger partial charge in [0.25, 0.3) is 5.56 Å². The number of rotatable bonds is 4. The van der Waals surface area contributed by atoms with E-state index in [1.807, 2.05) is 18.2 Å². The normalized spacial score (nSPS) is 16.5. The minimum Gasteiger partial charge on any atom is -0.387 e. The van der Waals surface area contributed by atoms with Crippen molar-refractivity contribution >= 4 is 5.91 Å². The van der Waals surface area contributed by atoms with Crippen LogP contribution in [0.25, 0.3) is 0 Å². The quantitative estimate of drug-likeness (QED) is 0.860. The third kappa shape index (κ3) is 3.99. The van der Waals surface area contributed by atoms with E-state index in [1.165, 1.54) is 0 Å². The van der Waals surface area contributed by atoms with Gasteiger partial charge in [0.15, 0.2) is 0 Å². The van der Waals surface area contributed by atoms with Gasteiger partial charge in [-0.05, 0) is 44.7 Å². The number of carbonyl (C=O) groups excluding carboxylic acids is 1. The zero-order chi connectivity index (χ0) is 18.7. The molecule has 7 nitrogen and oxygen atoms in total. The molecule has 0 saturated carbocycles. The second-order valence-electron chi connectivity index (χ2n) is 6.81. The maximum Gasteiger partial charge on any atom is 0.254 e. The van der Waals surface area contributed by atoms with Gasteiger partial charge in [0.05, 0.1) is 18.2 Å². The summed E-state index contributed by atoms with van der Waals surface area (Å²) >= 11 is 0. The van der Waals surface area contributed by atoms with Crippen molar-refractivity contribution in [3.05, 3.63) is 57.5 Å². The van der Waals surface area contributed by atoms with Gasteiger partial charge in [-0.15, -0.1) is 0 Å². The summed E-state index contributed by atoms with van der Waals surface area (Å²) in [4.78, 5) is 37.5. The largest absolute Gasteiger partial charge is 0.387 e. The maximum absolute atomic E-state index is 12.6. The number of amides is 1. The van der Waals surface area contributed by atoms with Gasteiger partial charge in [0.1, 0.15) is 5.82 Å². The molecule has 1 saturated heterocycles. The number of pyridine rings is 1. The van der Waals surface area contributed by atoms with Crippen molar-refractivity contribution in [3.8, 4) is 0 Å². The molecule has 3 rings (SSSR count). The Hall–Kier alpha value is -2.54. The molecular formula is C19H24N4O3. The van der Waals surface area contributed by atoms with Crippen molar-refractivity contribution in [2.24, 2.45) is 5.92 Å². The lowest BCUT2D eigenvalue weighted by molar-refractivity contribution is -0.132. The van der Waals surface area contributed by atoms with Crippen LogP contribution in [0.5, 0.6) is 0 Å². The molecule has 1 aliphatic rings. The fourth-order valence-corrected chi connectivity index (χ4v) is 3.48. The third-order valence-electron chi connectivity index (χ3n) is 5.00. The zero-order valence-electron chi connectivity index (χ0n) is 15.1. The van der Waals surface area contributed by atoms with Crippen molar-refractivity contribution in [1.82, 2.24) is 19.9 Å². The van der Waals surface area contributed by atoms with Gasteiger partial charge >= 0.3 is 0 Å². The summed E-state index contributed by atoms with van der Waals surface area (Å²) in [7, 11) is 0. The Bertz CT molecular complexity index is 826. The van der Waals surface area contributed by atoms with E-state index < -0.39 is 6.10 Å². The van der Waals surface area contributed by atoms with E-state index in [-0.39, 0.29) is 23.8 Å². The van der Waals surface area contributed by atoms with Crippen molar-refractivity contribution in [1.29, 1.82) is 0 Å². The number of piperidine rings is 1. The van der Waals surface area contributed by atoms with Crippen LogP contribution >= 0.6 is 0 Å². The van der Waals surface area contributed by atoms with Gasteiger partial charge in [-0.1, -0.05) is 6.07 Å². The number of aromatic amines is 1. The third-order valence-corrected chi connectivity index (χ3v) is 5.00. The van der Waals surface area contributed by atoms with Crippen molar-refractivity contribution in [2.45, 2.75) is 39.2 Å². The summed E-state index contributed by atoms with van der Waals surface area (Å²) in [6, 6.07) is 5.50. The summed E-state index contributed by atoms with van der Waals surface area (Å²) < 4.78 is 0. The van der Waals surface area contributed by atoms with Crippen LogP contribution in [0.3, 0.4) is 0 Å². The standard InChI is InChI=1S/C19H24N4O3/c1-12-15(19(26)22-13(2)21-12)11-17(24)23-9-6-14(7-10-23)18(25)16-5-3-4-8-20-16/h3-5,8,14,18,25H,6-7,9-11H2,1-2H3,(H,21,22,26)/t18-/m0/s1. The Labute approximate surface area is 152 Å². The summed E-state index contributed by atoms with van der Waals surface area (Å²) in [6.07, 6.45) is 2.55. The lowest BCUT2D eigenvalue weighted by atomic mass is 9.89. The van der Waals surface area contributed by atoms with Gasteiger partial charge in [0, 0.05) is 30.5 Å². The van der Waals surface area contributed by atoms with Gasteiger partial charge < -0.3 is 15.0 Å². The van der Waals surface area contributed by atoms with Crippen LogP contribution < -0.4 is 5.56 Å². The van der Waals surface area contributed by atoms with Crippen LogP contribution in [-0.2, 0) is 11.2 Å². The van der Waals surface area contributed by atoms with Crippen LogP contribution in [0.2, 0.25) is 0 Å². The van der Waals surface area contributed by atoms with Crippen LogP contribution in [0.1, 0.15) is 41.7 Å². The number of aliphatic hydroxyl groups excluding tert-OH is 1. The van der Waals surface area contributed by atoms with E-state index in [0.29, 0.717) is 48.7 Å². The minimum absolute atomic E-state index is 0.0574. The zero-order valence-corrected chi connectivity index (χ0v) is 15.1. The fraction of sp³-hybridized carbons (Fsp3) is 0.474. The molecule has 1 aliphatic heterocycles. The first-order chi connectivity index (χ1) is 12.5. The number of H-pyrrole nitrogens is 1. The molecule has 0 bridgehead atoms. The number of aryl methyl sites for hydroxylation is 2. The van der Waals surface area contributed by atoms with E-state index in [9.17, 15) is 14.7 Å². The summed E-state index contributed by atoms with van der Waals surface area (Å²) in [5.41, 5.74) is 1.45. The van der Waals surface area contributed by atoms with Crippen LogP contribution in [0.4, 0.5) is 0 Å². The molecule has 2 N–H and O–H groups in total. The van der Waals surface area contributed by atoms with Gasteiger partial charge in [-0.2, -0.15) is 0 Å². The molecule has 2 aromatic heterocycles. The van der Waals surface area contributed by atoms with E-state index in [2.05, 4.69) is 15.0 Å². The number of nitrogens with zero attached hydrogens (tertiary/aromatic N) is 3. The van der Waals surface area contributed by atoms with Crippen LogP contribution in [0.15, 0.2) is 29.2 Å². The summed E-state index contributed by atoms with van der Waals surface area (Å²) in [6.45, 7) is 4.62. The molecule has 138 valence electrons. The number of likely N-dealkylation sites (tertiary alicyclic amines) is 1. The Kier molecular flexibility index (Phi) is 5.46. The Morgan fingerprint density at radius 3 is 2.69 bits per heavy atom. The predicted molar refractivity (Wildman–Crippen MR) is 96.5 cm³/mol. The number of hydrogen-bond acceptors (Lipinski definition) is 5. The lowest BCUT2D eigenvalue weighted by Crippen LogP contribution is -2.41. The first-order valence-corrected chi connectivity index (χ1v) is 8.89. The molecule has 0 spiro atoms. The molecule has 7 heteroatoms. The van der Waals surface area contributed by atoms with Crippen molar-refractivity contribution < 1.29 is 9.90 Å². The monoisotopic (exact) mass is 356 g/mol. The van der Waals surface area contributed by atoms with Gasteiger partial charge in [-0.3, -0.25) is 14.6 Å². The number of aromatic nitrogens is 3. The van der Waals surface area contributed by atoms with E-state index in [4.69, 9.17) is 0 Å².